The molecule has 0 radical (unpaired) electrons. The fourth-order valence-electron chi connectivity index (χ4n) is 2.82. The zero-order valence-electron chi connectivity index (χ0n) is 15.7. The fraction of sp³-hybridized carbons (Fsp3) is 0. The largest absolute Gasteiger partial charge is 0.263 e. The zero-order valence-corrected chi connectivity index (χ0v) is 15.7. The van der Waals surface area contributed by atoms with Crippen LogP contribution in [0, 0.1) is 0 Å². The lowest BCUT2D eigenvalue weighted by Crippen LogP contribution is -2.02. The van der Waals surface area contributed by atoms with Crippen molar-refractivity contribution in [1.29, 1.82) is 0 Å². The first-order valence-electron chi connectivity index (χ1n) is 9.26. The van der Waals surface area contributed by atoms with Gasteiger partial charge in [0.2, 0.25) is 0 Å². The number of rotatable bonds is 6. The minimum absolute atomic E-state index is 0.341. The molecular weight excluding hydrogens is 358 g/mol. The van der Waals surface area contributed by atoms with E-state index in [-0.39, 0.29) is 0 Å². The van der Waals surface area contributed by atoms with Gasteiger partial charge < -0.3 is 0 Å². The maximum absolute atomic E-state index is 4.65. The number of hydrogen-bond acceptors (Lipinski definition) is 5. The Morgan fingerprint density at radius 2 is 1.24 bits per heavy atom. The summed E-state index contributed by atoms with van der Waals surface area (Å²) in [4.78, 5) is 4.65. The van der Waals surface area contributed by atoms with Crippen LogP contribution in [0.2, 0.25) is 0 Å². The lowest BCUT2D eigenvalue weighted by molar-refractivity contribution is 0.973. The number of hydrogen-bond donors (Lipinski definition) is 1. The SMILES string of the molecule is C(=C\c1ccccc1)/C=N/Nc1nnc(-c2ccccc2)c(-c2ccccc2)n1. The third-order valence-corrected chi connectivity index (χ3v) is 4.19. The Bertz CT molecular complexity index is 1110. The monoisotopic (exact) mass is 377 g/mol. The number of nitrogens with one attached hydrogen (secondary N) is 1. The Balaban J connectivity index is 1.57. The molecule has 5 nitrogen and oxygen atoms in total. The van der Waals surface area contributed by atoms with Gasteiger partial charge in [0.05, 0.1) is 0 Å². The van der Waals surface area contributed by atoms with E-state index >= 15 is 0 Å². The number of nitrogens with zero attached hydrogens (tertiary/aromatic N) is 4. The molecule has 0 spiro atoms. The Morgan fingerprint density at radius 1 is 0.655 bits per heavy atom. The fourth-order valence-corrected chi connectivity index (χ4v) is 2.82. The van der Waals surface area contributed by atoms with Crippen molar-refractivity contribution in [1.82, 2.24) is 15.2 Å². The average molecular weight is 377 g/mol. The van der Waals surface area contributed by atoms with Gasteiger partial charge in [0.25, 0.3) is 5.95 Å². The predicted molar refractivity (Wildman–Crippen MR) is 118 cm³/mol. The molecule has 0 aliphatic rings. The molecule has 0 amide bonds. The summed E-state index contributed by atoms with van der Waals surface area (Å²) < 4.78 is 0. The zero-order chi connectivity index (χ0) is 19.7. The molecule has 3 aromatic carbocycles. The summed E-state index contributed by atoms with van der Waals surface area (Å²) in [5.74, 6) is 0.341. The first-order chi connectivity index (χ1) is 14.4. The van der Waals surface area contributed by atoms with Crippen molar-refractivity contribution in [2.45, 2.75) is 0 Å². The van der Waals surface area contributed by atoms with Crippen molar-refractivity contribution in [3.63, 3.8) is 0 Å². The number of benzene rings is 3. The normalized spacial score (nSPS) is 11.2. The molecule has 5 heteroatoms. The van der Waals surface area contributed by atoms with E-state index < -0.39 is 0 Å². The summed E-state index contributed by atoms with van der Waals surface area (Å²) in [6, 6.07) is 29.9. The Morgan fingerprint density at radius 3 is 1.90 bits per heavy atom. The molecule has 29 heavy (non-hydrogen) atoms. The van der Waals surface area contributed by atoms with Crippen LogP contribution in [0.15, 0.2) is 102 Å². The molecule has 1 heterocycles. The Kier molecular flexibility index (Phi) is 5.78. The Hall–Kier alpha value is -4.12. The van der Waals surface area contributed by atoms with Gasteiger partial charge in [-0.05, 0) is 11.6 Å². The number of anilines is 1. The van der Waals surface area contributed by atoms with Crippen LogP contribution in [0.25, 0.3) is 28.6 Å². The van der Waals surface area contributed by atoms with Crippen molar-refractivity contribution in [2.75, 3.05) is 5.43 Å². The second-order valence-electron chi connectivity index (χ2n) is 6.22. The van der Waals surface area contributed by atoms with Gasteiger partial charge in [-0.25, -0.2) is 10.4 Å². The molecule has 0 saturated heterocycles. The smallest absolute Gasteiger partial charge is 0.244 e. The predicted octanol–water partition coefficient (Wildman–Crippen LogP) is 5.32. The van der Waals surface area contributed by atoms with Crippen molar-refractivity contribution < 1.29 is 0 Å². The van der Waals surface area contributed by atoms with Crippen LogP contribution in [0.4, 0.5) is 5.95 Å². The van der Waals surface area contributed by atoms with Gasteiger partial charge in [0.15, 0.2) is 0 Å². The summed E-state index contributed by atoms with van der Waals surface area (Å²) in [6.07, 6.45) is 5.48. The average Bonchev–Trinajstić information content (AvgIpc) is 2.81. The van der Waals surface area contributed by atoms with Gasteiger partial charge in [-0.1, -0.05) is 97.1 Å². The van der Waals surface area contributed by atoms with E-state index in [2.05, 4.69) is 25.7 Å². The lowest BCUT2D eigenvalue weighted by Gasteiger charge is -2.09. The topological polar surface area (TPSA) is 63.1 Å². The molecule has 4 aromatic rings. The van der Waals surface area contributed by atoms with E-state index in [0.29, 0.717) is 5.95 Å². The van der Waals surface area contributed by atoms with Crippen molar-refractivity contribution >= 4 is 18.2 Å². The molecule has 0 saturated carbocycles. The van der Waals surface area contributed by atoms with E-state index in [1.807, 2.05) is 103 Å². The molecule has 0 unspecified atom stereocenters. The van der Waals surface area contributed by atoms with E-state index in [9.17, 15) is 0 Å². The minimum atomic E-state index is 0.341. The van der Waals surface area contributed by atoms with Crippen LogP contribution in [-0.2, 0) is 0 Å². The van der Waals surface area contributed by atoms with E-state index in [0.717, 1.165) is 28.1 Å². The van der Waals surface area contributed by atoms with Gasteiger partial charge in [0, 0.05) is 17.3 Å². The molecule has 140 valence electrons. The van der Waals surface area contributed by atoms with E-state index in [4.69, 9.17) is 0 Å². The molecule has 0 bridgehead atoms. The van der Waals surface area contributed by atoms with Crippen LogP contribution in [-0.4, -0.2) is 21.4 Å². The minimum Gasteiger partial charge on any atom is -0.244 e. The highest BCUT2D eigenvalue weighted by Crippen LogP contribution is 2.28. The van der Waals surface area contributed by atoms with Crippen LogP contribution < -0.4 is 5.43 Å². The van der Waals surface area contributed by atoms with Gasteiger partial charge in [-0.2, -0.15) is 5.10 Å². The van der Waals surface area contributed by atoms with Gasteiger partial charge >= 0.3 is 0 Å². The second-order valence-corrected chi connectivity index (χ2v) is 6.22. The molecule has 4 rings (SSSR count). The summed E-state index contributed by atoms with van der Waals surface area (Å²) in [5.41, 5.74) is 7.38. The quantitative estimate of drug-likeness (QED) is 0.365. The first-order valence-corrected chi connectivity index (χ1v) is 9.26. The number of aromatic nitrogens is 3. The van der Waals surface area contributed by atoms with Crippen molar-refractivity contribution in [3.05, 3.63) is 103 Å². The molecule has 1 aromatic heterocycles. The number of allylic oxidation sites excluding steroid dienone is 1. The van der Waals surface area contributed by atoms with Gasteiger partial charge in [-0.3, -0.25) is 0 Å². The maximum atomic E-state index is 4.65. The summed E-state index contributed by atoms with van der Waals surface area (Å²) in [6.45, 7) is 0. The highest BCUT2D eigenvalue weighted by Gasteiger charge is 2.12. The standard InChI is InChI=1S/C24H19N5/c1-4-11-19(12-5-1)13-10-18-25-28-24-26-22(20-14-6-2-7-15-20)23(27-29-24)21-16-8-3-9-17-21/h1-18H,(H,26,28,29)/b13-10+,25-18+. The first kappa shape index (κ1) is 18.3. The van der Waals surface area contributed by atoms with Crippen molar-refractivity contribution in [3.8, 4) is 22.5 Å². The molecule has 0 aliphatic heterocycles. The van der Waals surface area contributed by atoms with Crippen LogP contribution >= 0.6 is 0 Å². The highest BCUT2D eigenvalue weighted by molar-refractivity contribution is 5.79. The van der Waals surface area contributed by atoms with Crippen LogP contribution in [0.5, 0.6) is 0 Å². The van der Waals surface area contributed by atoms with Crippen LogP contribution in [0.3, 0.4) is 0 Å². The summed E-state index contributed by atoms with van der Waals surface area (Å²) in [5, 5.41) is 12.8. The molecule has 1 N–H and O–H groups in total. The molecule has 0 fully saturated rings. The Labute approximate surface area is 169 Å². The van der Waals surface area contributed by atoms with Crippen LogP contribution in [0.1, 0.15) is 5.56 Å². The third-order valence-electron chi connectivity index (χ3n) is 4.19. The summed E-state index contributed by atoms with van der Waals surface area (Å²) in [7, 11) is 0. The number of hydrazone groups is 1. The molecular formula is C24H19N5. The lowest BCUT2D eigenvalue weighted by atomic mass is 10.0. The van der Waals surface area contributed by atoms with Crippen molar-refractivity contribution in [2.24, 2.45) is 5.10 Å². The highest BCUT2D eigenvalue weighted by atomic mass is 15.4. The second kappa shape index (κ2) is 9.19. The summed E-state index contributed by atoms with van der Waals surface area (Å²) >= 11 is 0. The van der Waals surface area contributed by atoms with Gasteiger partial charge in [-0.15, -0.1) is 10.2 Å². The van der Waals surface area contributed by atoms with Gasteiger partial charge in [0.1, 0.15) is 11.4 Å². The third kappa shape index (κ3) is 4.78. The molecule has 0 aliphatic carbocycles. The molecule has 0 atom stereocenters. The van der Waals surface area contributed by atoms with E-state index in [1.54, 1.807) is 6.21 Å². The van der Waals surface area contributed by atoms with E-state index in [1.165, 1.54) is 0 Å². The maximum Gasteiger partial charge on any atom is 0.263 e.